The van der Waals surface area contributed by atoms with Gasteiger partial charge in [0.25, 0.3) is 0 Å². The number of amides is 5. The van der Waals surface area contributed by atoms with Gasteiger partial charge in [0, 0.05) is 25.7 Å². The molecule has 5 aromatic rings. The summed E-state index contributed by atoms with van der Waals surface area (Å²) in [5, 5.41) is 15.4. The third-order valence-corrected chi connectivity index (χ3v) is 9.92. The molecule has 12 nitrogen and oxygen atoms in total. The van der Waals surface area contributed by atoms with Crippen molar-refractivity contribution in [3.8, 4) is 0 Å². The largest absolute Gasteiger partial charge is 0.368 e. The summed E-state index contributed by atoms with van der Waals surface area (Å²) in [6.07, 6.45) is 2.43. The lowest BCUT2D eigenvalue weighted by Crippen LogP contribution is -2.59. The summed E-state index contributed by atoms with van der Waals surface area (Å²) < 4.78 is 0. The summed E-state index contributed by atoms with van der Waals surface area (Å²) in [7, 11) is 0. The van der Waals surface area contributed by atoms with Gasteiger partial charge in [0.1, 0.15) is 24.2 Å². The first kappa shape index (κ1) is 42.0. The Labute approximate surface area is 333 Å². The summed E-state index contributed by atoms with van der Waals surface area (Å²) in [6, 6.07) is 32.2. The Kier molecular flexibility index (Phi) is 15.7. The monoisotopic (exact) mass is 771 g/mol. The Morgan fingerprint density at radius 3 is 1.39 bits per heavy atom. The van der Waals surface area contributed by atoms with Gasteiger partial charge in [0.15, 0.2) is 0 Å². The Balaban J connectivity index is 1.45. The lowest BCUT2D eigenvalue weighted by atomic mass is 9.98. The molecule has 0 fully saturated rings. The van der Waals surface area contributed by atoms with Crippen LogP contribution in [0.15, 0.2) is 115 Å². The molecule has 0 aliphatic heterocycles. The van der Waals surface area contributed by atoms with Crippen LogP contribution in [0.3, 0.4) is 0 Å². The lowest BCUT2D eigenvalue weighted by molar-refractivity contribution is -0.134. The molecular formula is C45H53N7O5. The van der Waals surface area contributed by atoms with Gasteiger partial charge in [0.2, 0.25) is 29.5 Å². The molecule has 0 aliphatic rings. The summed E-state index contributed by atoms with van der Waals surface area (Å²) >= 11 is 0. The quantitative estimate of drug-likeness (QED) is 0.0553. The Bertz CT molecular complexity index is 2140. The van der Waals surface area contributed by atoms with E-state index in [0.717, 1.165) is 38.2 Å². The van der Waals surface area contributed by atoms with E-state index in [1.807, 2.05) is 115 Å². The molecule has 4 atom stereocenters. The van der Waals surface area contributed by atoms with Crippen molar-refractivity contribution in [2.24, 2.45) is 17.2 Å². The zero-order chi connectivity index (χ0) is 40.6. The highest BCUT2D eigenvalue weighted by atomic mass is 16.2. The molecule has 5 aromatic carbocycles. The van der Waals surface area contributed by atoms with Crippen LogP contribution in [-0.2, 0) is 43.2 Å². The van der Waals surface area contributed by atoms with Crippen LogP contribution < -0.4 is 38.5 Å². The minimum Gasteiger partial charge on any atom is -0.368 e. The summed E-state index contributed by atoms with van der Waals surface area (Å²) in [6.45, 7) is 0.742. The van der Waals surface area contributed by atoms with Crippen molar-refractivity contribution >= 4 is 51.1 Å². The number of primary amides is 1. The van der Waals surface area contributed by atoms with Crippen molar-refractivity contribution in [1.29, 1.82) is 0 Å². The fraction of sp³-hybridized carbons (Fsp3) is 0.311. The number of hydrogen-bond donors (Lipinski definition) is 7. The molecular weight excluding hydrogens is 719 g/mol. The van der Waals surface area contributed by atoms with Crippen LogP contribution in [0.2, 0.25) is 0 Å². The Morgan fingerprint density at radius 1 is 0.456 bits per heavy atom. The number of fused-ring (bicyclic) bond motifs is 2. The van der Waals surface area contributed by atoms with Gasteiger partial charge in [-0.25, -0.2) is 0 Å². The maximum Gasteiger partial charge on any atom is 0.243 e. The number of rotatable bonds is 21. The number of hydrogen-bond acceptors (Lipinski definition) is 7. The first-order chi connectivity index (χ1) is 27.6. The first-order valence-corrected chi connectivity index (χ1v) is 19.5. The standard InChI is InChI=1S/C45H53N7O5/c46-23-9-8-17-37(42(48)54)50-44(56)39(27-30-11-2-1-3-12-30)51-45(57)40(29-32-20-22-34-14-5-7-16-36(34)26-32)52-43(55)38(49-41(53)18-10-24-47)28-31-19-21-33-13-4-6-15-35(33)25-31/h1-7,11-16,19-22,25-26,37-40H,8-10,17-18,23-24,27-29,46-47H2,(H2,48,54)(H,49,53)(H,50,56)(H,51,57)(H,52,55). The molecule has 57 heavy (non-hydrogen) atoms. The SMILES string of the molecule is NCCCCC(NC(=O)C(Cc1ccccc1)NC(=O)C(Cc1ccc2ccccc2c1)NC(=O)C(Cc1ccc2ccccc2c1)NC(=O)CCCN)C(N)=O. The average Bonchev–Trinajstić information content (AvgIpc) is 3.22. The van der Waals surface area contributed by atoms with E-state index in [0.29, 0.717) is 38.8 Å². The lowest BCUT2D eigenvalue weighted by Gasteiger charge is -2.27. The number of carbonyl (C=O) groups is 5. The van der Waals surface area contributed by atoms with Crippen molar-refractivity contribution in [3.63, 3.8) is 0 Å². The van der Waals surface area contributed by atoms with E-state index in [4.69, 9.17) is 17.2 Å². The molecule has 298 valence electrons. The van der Waals surface area contributed by atoms with Crippen LogP contribution in [0, 0.1) is 0 Å². The van der Waals surface area contributed by atoms with Gasteiger partial charge in [0.05, 0.1) is 0 Å². The summed E-state index contributed by atoms with van der Waals surface area (Å²) in [5.74, 6) is -2.82. The molecule has 0 bridgehead atoms. The van der Waals surface area contributed by atoms with E-state index in [9.17, 15) is 24.0 Å². The number of unbranched alkanes of at least 4 members (excludes halogenated alkanes) is 1. The van der Waals surface area contributed by atoms with Crippen LogP contribution in [0.4, 0.5) is 0 Å². The molecule has 0 aromatic heterocycles. The van der Waals surface area contributed by atoms with E-state index < -0.39 is 47.8 Å². The Hall–Kier alpha value is -6.11. The molecule has 5 rings (SSSR count). The van der Waals surface area contributed by atoms with E-state index >= 15 is 0 Å². The summed E-state index contributed by atoms with van der Waals surface area (Å²) in [4.78, 5) is 68.1. The van der Waals surface area contributed by atoms with E-state index in [1.54, 1.807) is 0 Å². The van der Waals surface area contributed by atoms with Crippen molar-refractivity contribution in [2.75, 3.05) is 13.1 Å². The molecule has 0 aliphatic carbocycles. The van der Waals surface area contributed by atoms with Crippen LogP contribution in [0.1, 0.15) is 48.8 Å². The molecule has 12 heteroatoms. The Morgan fingerprint density at radius 2 is 0.895 bits per heavy atom. The van der Waals surface area contributed by atoms with Gasteiger partial charge in [-0.3, -0.25) is 24.0 Å². The van der Waals surface area contributed by atoms with E-state index in [-0.39, 0.29) is 31.6 Å². The fourth-order valence-electron chi connectivity index (χ4n) is 6.80. The second-order valence-corrected chi connectivity index (χ2v) is 14.3. The van der Waals surface area contributed by atoms with Crippen LogP contribution in [0.5, 0.6) is 0 Å². The van der Waals surface area contributed by atoms with Gasteiger partial charge in [-0.1, -0.05) is 115 Å². The third-order valence-electron chi connectivity index (χ3n) is 9.92. The fourth-order valence-corrected chi connectivity index (χ4v) is 6.80. The van der Waals surface area contributed by atoms with Gasteiger partial charge < -0.3 is 38.5 Å². The first-order valence-electron chi connectivity index (χ1n) is 19.5. The molecule has 5 amide bonds. The predicted octanol–water partition coefficient (Wildman–Crippen LogP) is 3.31. The molecule has 0 saturated heterocycles. The van der Waals surface area contributed by atoms with Crippen LogP contribution in [0.25, 0.3) is 21.5 Å². The van der Waals surface area contributed by atoms with Crippen LogP contribution in [-0.4, -0.2) is 66.8 Å². The molecule has 4 unspecified atom stereocenters. The topological polar surface area (TPSA) is 212 Å². The van der Waals surface area contributed by atoms with Crippen molar-refractivity contribution in [1.82, 2.24) is 21.3 Å². The molecule has 10 N–H and O–H groups in total. The van der Waals surface area contributed by atoms with E-state index in [2.05, 4.69) is 21.3 Å². The molecule has 0 heterocycles. The maximum absolute atomic E-state index is 14.5. The molecule has 0 radical (unpaired) electrons. The number of nitrogens with two attached hydrogens (primary N) is 3. The molecule has 0 spiro atoms. The van der Waals surface area contributed by atoms with Crippen molar-refractivity contribution in [2.45, 2.75) is 75.5 Å². The zero-order valence-electron chi connectivity index (χ0n) is 32.1. The highest BCUT2D eigenvalue weighted by Crippen LogP contribution is 2.19. The highest BCUT2D eigenvalue weighted by Gasteiger charge is 2.31. The maximum atomic E-state index is 14.5. The number of nitrogens with one attached hydrogen (secondary N) is 4. The third kappa shape index (κ3) is 12.7. The van der Waals surface area contributed by atoms with Crippen molar-refractivity contribution < 1.29 is 24.0 Å². The highest BCUT2D eigenvalue weighted by molar-refractivity contribution is 5.96. The van der Waals surface area contributed by atoms with Gasteiger partial charge in [-0.2, -0.15) is 0 Å². The average molecular weight is 772 g/mol. The van der Waals surface area contributed by atoms with Gasteiger partial charge in [-0.05, 0) is 77.0 Å². The second kappa shape index (κ2) is 21.3. The number of benzene rings is 5. The van der Waals surface area contributed by atoms with Gasteiger partial charge in [-0.15, -0.1) is 0 Å². The predicted molar refractivity (Wildman–Crippen MR) is 224 cm³/mol. The zero-order valence-corrected chi connectivity index (χ0v) is 32.1. The van der Waals surface area contributed by atoms with Gasteiger partial charge >= 0.3 is 0 Å². The number of carbonyl (C=O) groups excluding carboxylic acids is 5. The molecule has 0 saturated carbocycles. The smallest absolute Gasteiger partial charge is 0.243 e. The van der Waals surface area contributed by atoms with Crippen LogP contribution >= 0.6 is 0 Å². The summed E-state index contributed by atoms with van der Waals surface area (Å²) in [5.41, 5.74) is 19.3. The normalized spacial score (nSPS) is 13.2. The van der Waals surface area contributed by atoms with E-state index in [1.165, 1.54) is 0 Å². The van der Waals surface area contributed by atoms with Crippen molar-refractivity contribution in [3.05, 3.63) is 132 Å². The minimum absolute atomic E-state index is 0.0783. The minimum atomic E-state index is -1.17. The second-order valence-electron chi connectivity index (χ2n) is 14.3.